The van der Waals surface area contributed by atoms with Crippen molar-refractivity contribution in [2.24, 2.45) is 0 Å². The summed E-state index contributed by atoms with van der Waals surface area (Å²) in [5, 5.41) is 7.44. The Morgan fingerprint density at radius 1 is 1.11 bits per heavy atom. The second kappa shape index (κ2) is 6.92. The van der Waals surface area contributed by atoms with Crippen molar-refractivity contribution in [3.8, 4) is 11.1 Å². The summed E-state index contributed by atoms with van der Waals surface area (Å²) >= 11 is 0. The van der Waals surface area contributed by atoms with E-state index in [-0.39, 0.29) is 17.9 Å². The molecule has 5 nitrogen and oxygen atoms in total. The number of aromatic nitrogens is 2. The van der Waals surface area contributed by atoms with Crippen LogP contribution in [0.2, 0.25) is 0 Å². The molecule has 2 N–H and O–H groups in total. The molecule has 2 heterocycles. The Morgan fingerprint density at radius 3 is 2.61 bits per heavy atom. The molecule has 0 radical (unpaired) electrons. The molecule has 142 valence electrons. The second-order valence-corrected chi connectivity index (χ2v) is 6.57. The van der Waals surface area contributed by atoms with Crippen LogP contribution in [0.5, 0.6) is 0 Å². The van der Waals surface area contributed by atoms with Crippen LogP contribution in [0.15, 0.2) is 51.8 Å². The Balaban J connectivity index is 1.84. The van der Waals surface area contributed by atoms with Gasteiger partial charge in [-0.1, -0.05) is 23.4 Å². The maximum Gasteiger partial charge on any atom is 0.250 e. The van der Waals surface area contributed by atoms with Gasteiger partial charge in [-0.2, -0.15) is 0 Å². The van der Waals surface area contributed by atoms with Crippen molar-refractivity contribution in [2.75, 3.05) is 5.32 Å². The van der Waals surface area contributed by atoms with Crippen LogP contribution in [0.25, 0.3) is 22.0 Å². The third-order valence-corrected chi connectivity index (χ3v) is 4.65. The molecule has 4 rings (SSSR count). The molecule has 0 aliphatic carbocycles. The van der Waals surface area contributed by atoms with E-state index in [0.29, 0.717) is 39.2 Å². The van der Waals surface area contributed by atoms with E-state index in [1.807, 2.05) is 0 Å². The number of pyridine rings is 1. The summed E-state index contributed by atoms with van der Waals surface area (Å²) in [6.45, 7) is 3.68. The minimum atomic E-state index is -0.570. The van der Waals surface area contributed by atoms with E-state index < -0.39 is 11.4 Å². The van der Waals surface area contributed by atoms with Gasteiger partial charge in [0.1, 0.15) is 17.4 Å². The minimum Gasteiger partial charge on any atom is -0.380 e. The molecule has 0 unspecified atom stereocenters. The minimum absolute atomic E-state index is 0.0824. The first-order valence-corrected chi connectivity index (χ1v) is 8.71. The number of aryl methyl sites for hydroxylation is 2. The molecule has 0 atom stereocenters. The maximum absolute atomic E-state index is 14.8. The lowest BCUT2D eigenvalue weighted by Crippen LogP contribution is -2.10. The van der Waals surface area contributed by atoms with Crippen LogP contribution in [-0.4, -0.2) is 10.1 Å². The molecule has 4 aromatic rings. The highest BCUT2D eigenvalue weighted by atomic mass is 19.1. The van der Waals surface area contributed by atoms with Gasteiger partial charge in [0.15, 0.2) is 0 Å². The lowest BCUT2D eigenvalue weighted by molar-refractivity contribution is 0.393. The monoisotopic (exact) mass is 381 g/mol. The molecule has 0 saturated heterocycles. The number of hydrogen-bond acceptors (Lipinski definition) is 4. The summed E-state index contributed by atoms with van der Waals surface area (Å²) in [6.07, 6.45) is 0. The Bertz CT molecular complexity index is 1220. The maximum atomic E-state index is 14.8. The summed E-state index contributed by atoms with van der Waals surface area (Å²) in [5.74, 6) is -0.354. The number of rotatable bonds is 4. The highest BCUT2D eigenvalue weighted by Gasteiger charge is 2.16. The van der Waals surface area contributed by atoms with Gasteiger partial charge in [-0.25, -0.2) is 8.78 Å². The summed E-state index contributed by atoms with van der Waals surface area (Å²) in [5.41, 5.74) is 2.41. The predicted octanol–water partition coefficient (Wildman–Crippen LogP) is 4.69. The lowest BCUT2D eigenvalue weighted by Gasteiger charge is -2.12. The third-order valence-electron chi connectivity index (χ3n) is 4.65. The summed E-state index contributed by atoms with van der Waals surface area (Å²) < 4.78 is 33.9. The van der Waals surface area contributed by atoms with Crippen LogP contribution in [0.4, 0.5) is 14.5 Å². The van der Waals surface area contributed by atoms with Gasteiger partial charge in [0, 0.05) is 34.8 Å². The van der Waals surface area contributed by atoms with E-state index >= 15 is 0 Å². The molecule has 2 aromatic heterocycles. The van der Waals surface area contributed by atoms with Gasteiger partial charge in [0.25, 0.3) is 5.56 Å². The van der Waals surface area contributed by atoms with Gasteiger partial charge in [0.05, 0.1) is 11.2 Å². The van der Waals surface area contributed by atoms with Gasteiger partial charge in [-0.3, -0.25) is 4.79 Å². The molecule has 0 spiro atoms. The smallest absolute Gasteiger partial charge is 0.250 e. The first kappa shape index (κ1) is 17.9. The number of aromatic amines is 1. The summed E-state index contributed by atoms with van der Waals surface area (Å²) in [4.78, 5) is 14.5. The molecular formula is C21H17F2N3O2. The zero-order valence-corrected chi connectivity index (χ0v) is 15.3. The van der Waals surface area contributed by atoms with Crippen molar-refractivity contribution in [3.05, 3.63) is 81.5 Å². The van der Waals surface area contributed by atoms with Gasteiger partial charge >= 0.3 is 0 Å². The van der Waals surface area contributed by atoms with Crippen LogP contribution in [0.1, 0.15) is 17.0 Å². The first-order chi connectivity index (χ1) is 13.4. The lowest BCUT2D eigenvalue weighted by atomic mass is 10.0. The fourth-order valence-corrected chi connectivity index (χ4v) is 3.33. The first-order valence-electron chi connectivity index (χ1n) is 8.71. The highest BCUT2D eigenvalue weighted by molar-refractivity contribution is 5.95. The van der Waals surface area contributed by atoms with E-state index in [2.05, 4.69) is 15.5 Å². The number of anilines is 1. The fourth-order valence-electron chi connectivity index (χ4n) is 3.33. The fraction of sp³-hybridized carbons (Fsp3) is 0.143. The van der Waals surface area contributed by atoms with Crippen molar-refractivity contribution >= 4 is 16.6 Å². The molecule has 7 heteroatoms. The SMILES string of the molecule is Cc1noc(C)c1-c1cc(F)c2[nH]c(=O)cc(NCc3ccccc3F)c2c1. The van der Waals surface area contributed by atoms with E-state index in [1.54, 1.807) is 38.1 Å². The number of H-pyrrole nitrogens is 1. The Morgan fingerprint density at radius 2 is 1.89 bits per heavy atom. The largest absolute Gasteiger partial charge is 0.380 e. The molecule has 0 bridgehead atoms. The van der Waals surface area contributed by atoms with Crippen molar-refractivity contribution in [1.82, 2.24) is 10.1 Å². The van der Waals surface area contributed by atoms with Crippen molar-refractivity contribution in [1.29, 1.82) is 0 Å². The summed E-state index contributed by atoms with van der Waals surface area (Å²) in [6, 6.07) is 10.8. The molecule has 28 heavy (non-hydrogen) atoms. The van der Waals surface area contributed by atoms with Crippen LogP contribution in [0.3, 0.4) is 0 Å². The van der Waals surface area contributed by atoms with Crippen LogP contribution < -0.4 is 10.9 Å². The topological polar surface area (TPSA) is 70.9 Å². The number of hydrogen-bond donors (Lipinski definition) is 2. The average Bonchev–Trinajstić information content (AvgIpc) is 3.00. The van der Waals surface area contributed by atoms with Gasteiger partial charge < -0.3 is 14.8 Å². The quantitative estimate of drug-likeness (QED) is 0.538. The number of nitrogens with one attached hydrogen (secondary N) is 2. The number of nitrogens with zero attached hydrogens (tertiary/aromatic N) is 1. The van der Waals surface area contributed by atoms with Gasteiger partial charge in [-0.05, 0) is 37.6 Å². The molecule has 0 amide bonds. The van der Waals surface area contributed by atoms with Crippen molar-refractivity contribution in [2.45, 2.75) is 20.4 Å². The van der Waals surface area contributed by atoms with E-state index in [0.717, 1.165) is 0 Å². The standard InChI is InChI=1S/C21H17F2N3O2/c1-11-20(12(2)28-26-11)14-7-15-18(9-19(27)25-21(15)17(23)8-14)24-10-13-5-3-4-6-16(13)22/h3-9H,10H2,1-2H3,(H2,24,25,27). The van der Waals surface area contributed by atoms with Crippen LogP contribution in [0, 0.1) is 25.5 Å². The normalized spacial score (nSPS) is 11.1. The number of halogens is 2. The Hall–Kier alpha value is -3.48. The molecule has 0 aliphatic heterocycles. The zero-order chi connectivity index (χ0) is 19.8. The molecule has 0 fully saturated rings. The number of benzene rings is 2. The van der Waals surface area contributed by atoms with Gasteiger partial charge in [0.2, 0.25) is 0 Å². The number of fused-ring (bicyclic) bond motifs is 1. The molecule has 2 aromatic carbocycles. The third kappa shape index (κ3) is 3.15. The molecular weight excluding hydrogens is 364 g/mol. The van der Waals surface area contributed by atoms with E-state index in [9.17, 15) is 13.6 Å². The van der Waals surface area contributed by atoms with Crippen LogP contribution in [-0.2, 0) is 6.54 Å². The van der Waals surface area contributed by atoms with Crippen molar-refractivity contribution in [3.63, 3.8) is 0 Å². The van der Waals surface area contributed by atoms with E-state index in [1.165, 1.54) is 18.2 Å². The molecule has 0 aliphatic rings. The van der Waals surface area contributed by atoms with Crippen LogP contribution >= 0.6 is 0 Å². The second-order valence-electron chi connectivity index (χ2n) is 6.57. The van der Waals surface area contributed by atoms with Crippen molar-refractivity contribution < 1.29 is 13.3 Å². The predicted molar refractivity (Wildman–Crippen MR) is 103 cm³/mol. The van der Waals surface area contributed by atoms with Gasteiger partial charge in [-0.15, -0.1) is 0 Å². The Labute approximate surface area is 159 Å². The average molecular weight is 381 g/mol. The zero-order valence-electron chi connectivity index (χ0n) is 15.3. The van der Waals surface area contributed by atoms with E-state index in [4.69, 9.17) is 4.52 Å². The highest BCUT2D eigenvalue weighted by Crippen LogP contribution is 2.33. The summed E-state index contributed by atoms with van der Waals surface area (Å²) in [7, 11) is 0. The molecule has 0 saturated carbocycles. The Kier molecular flexibility index (Phi) is 4.43.